The fraction of sp³-hybridized carbons (Fsp3) is 0.938. The van der Waals surface area contributed by atoms with Gasteiger partial charge in [-0.2, -0.15) is 0 Å². The van der Waals surface area contributed by atoms with Gasteiger partial charge in [-0.05, 0) is 45.4 Å². The van der Waals surface area contributed by atoms with E-state index in [2.05, 4.69) is 4.99 Å². The third kappa shape index (κ3) is 2.77. The van der Waals surface area contributed by atoms with E-state index in [1.165, 1.54) is 0 Å². The summed E-state index contributed by atoms with van der Waals surface area (Å²) in [6, 6.07) is 0.107. The Morgan fingerprint density at radius 3 is 2.59 bits per heavy atom. The summed E-state index contributed by atoms with van der Waals surface area (Å²) in [6.07, 6.45) is 5.03. The number of fused-ring (bicyclic) bond motifs is 1. The molecule has 2 aliphatic carbocycles. The van der Waals surface area contributed by atoms with Crippen molar-refractivity contribution in [3.8, 4) is 0 Å². The average molecular weight is 349 g/mol. The van der Waals surface area contributed by atoms with Gasteiger partial charge >= 0.3 is 0 Å². The highest BCUT2D eigenvalue weighted by Crippen LogP contribution is 2.49. The van der Waals surface area contributed by atoms with Gasteiger partial charge in [-0.25, -0.2) is 0 Å². The number of nitrogens with two attached hydrogens (primary N) is 1. The number of hydrogen-bond donors (Lipinski definition) is 2. The maximum atomic E-state index is 11.5. The second kappa shape index (κ2) is 6.46. The monoisotopic (exact) mass is 348 g/mol. The number of aliphatic imine (C=N–C) groups is 1. The minimum Gasteiger partial charge on any atom is -0.385 e. The van der Waals surface area contributed by atoms with Gasteiger partial charge in [0, 0.05) is 29.2 Å². The molecule has 0 bridgehead atoms. The van der Waals surface area contributed by atoms with Gasteiger partial charge < -0.3 is 15.6 Å². The van der Waals surface area contributed by atoms with Gasteiger partial charge in [0.1, 0.15) is 11.4 Å². The summed E-state index contributed by atoms with van der Waals surface area (Å²) < 4.78 is 5.91. The molecule has 6 heteroatoms. The lowest BCUT2D eigenvalue weighted by molar-refractivity contribution is -0.102. The lowest BCUT2D eigenvalue weighted by atomic mass is 9.65. The molecule has 0 aromatic rings. The third-order valence-corrected chi connectivity index (χ3v) is 6.50. The molecule has 3 N–H and O–H groups in total. The highest BCUT2D eigenvalue weighted by Gasteiger charge is 2.58. The largest absolute Gasteiger partial charge is 0.385 e. The van der Waals surface area contributed by atoms with Crippen molar-refractivity contribution in [1.82, 2.24) is 0 Å². The second-order valence-electron chi connectivity index (χ2n) is 6.93. The topological polar surface area (TPSA) is 67.8 Å². The van der Waals surface area contributed by atoms with Crippen LogP contribution in [0.25, 0.3) is 0 Å². The van der Waals surface area contributed by atoms with Crippen molar-refractivity contribution in [2.75, 3.05) is 6.61 Å². The molecular weight excluding hydrogens is 323 g/mol. The molecule has 2 saturated carbocycles. The first kappa shape index (κ1) is 16.8. The van der Waals surface area contributed by atoms with Crippen molar-refractivity contribution in [2.45, 2.75) is 73.9 Å². The van der Waals surface area contributed by atoms with Gasteiger partial charge in [0.2, 0.25) is 0 Å². The van der Waals surface area contributed by atoms with Crippen LogP contribution in [0.2, 0.25) is 0 Å². The molecule has 7 atom stereocenters. The lowest BCUT2D eigenvalue weighted by Gasteiger charge is -2.46. The molecule has 0 amide bonds. The van der Waals surface area contributed by atoms with E-state index >= 15 is 0 Å². The Bertz CT molecular complexity index is 448. The van der Waals surface area contributed by atoms with Crippen molar-refractivity contribution < 1.29 is 9.84 Å². The van der Waals surface area contributed by atoms with Crippen LogP contribution >= 0.6 is 23.2 Å². The predicted molar refractivity (Wildman–Crippen MR) is 89.7 cm³/mol. The summed E-state index contributed by atoms with van der Waals surface area (Å²) in [6.45, 7) is 2.59. The number of hydrogen-bond acceptors (Lipinski definition) is 4. The normalized spacial score (nSPS) is 48.8. The van der Waals surface area contributed by atoms with Gasteiger partial charge in [-0.3, -0.25) is 4.99 Å². The number of halogens is 2. The average Bonchev–Trinajstić information content (AvgIpc) is 2.72. The molecule has 1 aliphatic heterocycles. The summed E-state index contributed by atoms with van der Waals surface area (Å²) in [5, 5.41) is 11.8. The summed E-state index contributed by atoms with van der Waals surface area (Å²) in [5.41, 5.74) is 5.12. The van der Waals surface area contributed by atoms with Crippen LogP contribution in [0, 0.1) is 11.8 Å². The number of ether oxygens (including phenoxy) is 1. The smallest absolute Gasteiger partial charge is 0.131 e. The van der Waals surface area contributed by atoms with Gasteiger partial charge in [-0.15, -0.1) is 23.2 Å². The third-order valence-electron chi connectivity index (χ3n) is 5.70. The first-order valence-corrected chi connectivity index (χ1v) is 9.29. The fourth-order valence-corrected chi connectivity index (χ4v) is 5.27. The number of amidine groups is 1. The molecule has 0 saturated heterocycles. The van der Waals surface area contributed by atoms with E-state index < -0.39 is 5.60 Å². The van der Waals surface area contributed by atoms with E-state index in [9.17, 15) is 5.11 Å². The van der Waals surface area contributed by atoms with Crippen molar-refractivity contribution in [1.29, 1.82) is 0 Å². The van der Waals surface area contributed by atoms with Crippen molar-refractivity contribution in [3.63, 3.8) is 0 Å². The van der Waals surface area contributed by atoms with Crippen molar-refractivity contribution in [3.05, 3.63) is 0 Å². The fourth-order valence-electron chi connectivity index (χ4n) is 4.65. The Morgan fingerprint density at radius 1 is 1.18 bits per heavy atom. The van der Waals surface area contributed by atoms with Crippen LogP contribution in [0.5, 0.6) is 0 Å². The molecule has 4 nitrogen and oxygen atoms in total. The standard InChI is InChI=1S/C16H26Cl2N2O2/c1-2-22-14-8-10(18)3-5-11(14)16(21)12-7-9(17)4-6-13(12)20-15(16)19/h9-14,21H,2-8H2,1H3,(H2,19,20). The van der Waals surface area contributed by atoms with E-state index in [0.29, 0.717) is 12.4 Å². The number of rotatable bonds is 3. The zero-order valence-electron chi connectivity index (χ0n) is 13.0. The van der Waals surface area contributed by atoms with E-state index in [-0.39, 0.29) is 34.7 Å². The minimum atomic E-state index is -1.09. The lowest BCUT2D eigenvalue weighted by Crippen LogP contribution is -2.59. The quantitative estimate of drug-likeness (QED) is 0.770. The minimum absolute atomic E-state index is 0.0172. The Kier molecular flexibility index (Phi) is 4.94. The first-order chi connectivity index (χ1) is 10.5. The molecule has 2 fully saturated rings. The molecular formula is C16H26Cl2N2O2. The van der Waals surface area contributed by atoms with E-state index in [1.807, 2.05) is 6.92 Å². The Balaban J connectivity index is 1.88. The molecule has 0 aromatic heterocycles. The molecule has 3 aliphatic rings. The van der Waals surface area contributed by atoms with Crippen LogP contribution in [-0.2, 0) is 4.74 Å². The Hall–Kier alpha value is -0.0300. The Morgan fingerprint density at radius 2 is 1.86 bits per heavy atom. The summed E-state index contributed by atoms with van der Waals surface area (Å²) in [4.78, 5) is 4.58. The summed E-state index contributed by atoms with van der Waals surface area (Å²) in [7, 11) is 0. The first-order valence-electron chi connectivity index (χ1n) is 8.42. The molecule has 3 rings (SSSR count). The van der Waals surface area contributed by atoms with Gasteiger partial charge in [0.05, 0.1) is 12.1 Å². The van der Waals surface area contributed by atoms with Crippen LogP contribution in [0.4, 0.5) is 0 Å². The van der Waals surface area contributed by atoms with E-state index in [1.54, 1.807) is 0 Å². The molecule has 0 radical (unpaired) electrons. The molecule has 0 spiro atoms. The zero-order chi connectivity index (χ0) is 15.9. The highest BCUT2D eigenvalue weighted by molar-refractivity contribution is 6.21. The van der Waals surface area contributed by atoms with Crippen molar-refractivity contribution >= 4 is 29.0 Å². The SMILES string of the molecule is CCOC1CC(Cl)CCC1C1(O)C(N)=NC2CCC(Cl)CC21. The van der Waals surface area contributed by atoms with Crippen molar-refractivity contribution in [2.24, 2.45) is 22.6 Å². The van der Waals surface area contributed by atoms with E-state index in [0.717, 1.165) is 38.5 Å². The summed E-state index contributed by atoms with van der Waals surface area (Å²) >= 11 is 12.7. The molecule has 126 valence electrons. The van der Waals surface area contributed by atoms with Gasteiger partial charge in [0.15, 0.2) is 0 Å². The molecule has 22 heavy (non-hydrogen) atoms. The van der Waals surface area contributed by atoms with Crippen LogP contribution in [0.3, 0.4) is 0 Å². The molecule has 1 heterocycles. The van der Waals surface area contributed by atoms with Gasteiger partial charge in [-0.1, -0.05) is 0 Å². The van der Waals surface area contributed by atoms with Crippen LogP contribution in [0.15, 0.2) is 4.99 Å². The predicted octanol–water partition coefficient (Wildman–Crippen LogP) is 2.68. The summed E-state index contributed by atoms with van der Waals surface area (Å²) in [5.74, 6) is 0.364. The molecule has 0 aromatic carbocycles. The number of nitrogens with zero attached hydrogens (tertiary/aromatic N) is 1. The second-order valence-corrected chi connectivity index (χ2v) is 8.17. The maximum Gasteiger partial charge on any atom is 0.131 e. The number of alkyl halides is 2. The maximum absolute atomic E-state index is 11.5. The number of aliphatic hydroxyl groups is 1. The van der Waals surface area contributed by atoms with Crippen LogP contribution < -0.4 is 5.73 Å². The van der Waals surface area contributed by atoms with Crippen LogP contribution in [-0.4, -0.2) is 46.1 Å². The zero-order valence-corrected chi connectivity index (χ0v) is 14.6. The highest BCUT2D eigenvalue weighted by atomic mass is 35.5. The Labute approximate surface area is 142 Å². The molecule has 7 unspecified atom stereocenters. The van der Waals surface area contributed by atoms with Crippen LogP contribution in [0.1, 0.15) is 45.4 Å². The van der Waals surface area contributed by atoms with Gasteiger partial charge in [0.25, 0.3) is 0 Å². The van der Waals surface area contributed by atoms with E-state index in [4.69, 9.17) is 33.7 Å².